The fourth-order valence-electron chi connectivity index (χ4n) is 3.92. The lowest BCUT2D eigenvalue weighted by atomic mass is 9.91. The van der Waals surface area contributed by atoms with E-state index in [9.17, 15) is 19.5 Å². The van der Waals surface area contributed by atoms with Crippen molar-refractivity contribution >= 4 is 23.7 Å². The number of carbonyl (C=O) groups is 3. The number of nitrogens with two attached hydrogens (primary N) is 2. The molecule has 0 aliphatic carbocycles. The van der Waals surface area contributed by atoms with E-state index in [0.717, 1.165) is 25.8 Å². The van der Waals surface area contributed by atoms with E-state index in [-0.39, 0.29) is 30.1 Å². The van der Waals surface area contributed by atoms with Crippen LogP contribution in [0, 0.1) is 17.2 Å². The summed E-state index contributed by atoms with van der Waals surface area (Å²) in [6, 6.07) is -1.94. The number of amides is 2. The Hall–Kier alpha value is -2.36. The maximum Gasteiger partial charge on any atom is 0.326 e. The Kier molecular flexibility index (Phi) is 7.61. The zero-order valence-electron chi connectivity index (χ0n) is 16.4. The van der Waals surface area contributed by atoms with Gasteiger partial charge in [-0.3, -0.25) is 15.0 Å². The van der Waals surface area contributed by atoms with Gasteiger partial charge in [-0.2, -0.15) is 0 Å². The maximum atomic E-state index is 12.6. The monoisotopic (exact) mass is 396 g/mol. The quantitative estimate of drug-likeness (QED) is 0.288. The smallest absolute Gasteiger partial charge is 0.326 e. The molecule has 0 aromatic heterocycles. The number of carboxylic acids is 1. The van der Waals surface area contributed by atoms with Gasteiger partial charge in [0.15, 0.2) is 5.96 Å². The number of rotatable bonds is 6. The van der Waals surface area contributed by atoms with E-state index in [1.807, 2.05) is 6.92 Å². The van der Waals surface area contributed by atoms with Gasteiger partial charge in [0, 0.05) is 26.2 Å². The molecule has 2 aliphatic rings. The lowest BCUT2D eigenvalue weighted by molar-refractivity contribution is -0.153. The molecular weight excluding hydrogens is 364 g/mol. The third kappa shape index (κ3) is 5.82. The van der Waals surface area contributed by atoms with Crippen molar-refractivity contribution in [1.29, 1.82) is 5.41 Å². The SMILES string of the molecule is C[C@@H]1CCN(C(=O)[C@@H](N)CC(=O)NC[C@@H]2CCCN(C(=N)N)C2)[C@@H](C(=O)O)C1. The molecule has 2 saturated heterocycles. The second-order valence-electron chi connectivity index (χ2n) is 7.97. The number of hydrogen-bond donors (Lipinski definition) is 5. The standard InChI is InChI=1S/C18H32N6O4/c1-11-4-6-24(14(7-11)17(27)28)16(26)13(19)8-15(25)22-9-12-3-2-5-23(10-12)18(20)21/h11-14H,2-10,19H2,1H3,(H3,20,21)(H,22,25)(H,27,28)/t11-,12+,13+,14-/m1/s1. The molecule has 4 atom stereocenters. The van der Waals surface area contributed by atoms with E-state index in [0.29, 0.717) is 26.1 Å². The Labute approximate surface area is 165 Å². The number of carbonyl (C=O) groups excluding carboxylic acids is 2. The van der Waals surface area contributed by atoms with Gasteiger partial charge in [0.25, 0.3) is 0 Å². The minimum absolute atomic E-state index is 0.0347. The predicted molar refractivity (Wildman–Crippen MR) is 103 cm³/mol. The van der Waals surface area contributed by atoms with Gasteiger partial charge >= 0.3 is 5.97 Å². The lowest BCUT2D eigenvalue weighted by Crippen LogP contribution is -2.55. The number of likely N-dealkylation sites (tertiary alicyclic amines) is 2. The van der Waals surface area contributed by atoms with Crippen LogP contribution >= 0.6 is 0 Å². The molecule has 2 rings (SSSR count). The Morgan fingerprint density at radius 2 is 2.00 bits per heavy atom. The molecule has 2 fully saturated rings. The van der Waals surface area contributed by atoms with Gasteiger partial charge in [-0.05, 0) is 37.5 Å². The number of aliphatic carboxylic acids is 1. The van der Waals surface area contributed by atoms with Crippen molar-refractivity contribution in [3.63, 3.8) is 0 Å². The van der Waals surface area contributed by atoms with Crippen molar-refractivity contribution in [3.8, 4) is 0 Å². The van der Waals surface area contributed by atoms with Gasteiger partial charge in [0.1, 0.15) is 6.04 Å². The van der Waals surface area contributed by atoms with Crippen LogP contribution in [0.3, 0.4) is 0 Å². The van der Waals surface area contributed by atoms with Crippen molar-refractivity contribution in [2.75, 3.05) is 26.2 Å². The lowest BCUT2D eigenvalue weighted by Gasteiger charge is -2.37. The summed E-state index contributed by atoms with van der Waals surface area (Å²) in [5.41, 5.74) is 11.4. The molecule has 0 radical (unpaired) electrons. The van der Waals surface area contributed by atoms with Crippen LogP contribution in [0.1, 0.15) is 39.0 Å². The molecule has 2 amide bonds. The molecule has 0 unspecified atom stereocenters. The minimum Gasteiger partial charge on any atom is -0.480 e. The number of guanidine groups is 1. The summed E-state index contributed by atoms with van der Waals surface area (Å²) in [7, 11) is 0. The molecule has 2 heterocycles. The Balaban J connectivity index is 1.81. The normalized spacial score (nSPS) is 26.4. The third-order valence-corrected chi connectivity index (χ3v) is 5.60. The van der Waals surface area contributed by atoms with E-state index in [2.05, 4.69) is 5.32 Å². The van der Waals surface area contributed by atoms with Crippen molar-refractivity contribution in [2.24, 2.45) is 23.3 Å². The maximum absolute atomic E-state index is 12.6. The van der Waals surface area contributed by atoms with Gasteiger partial charge in [-0.25, -0.2) is 4.79 Å². The van der Waals surface area contributed by atoms with Crippen molar-refractivity contribution < 1.29 is 19.5 Å². The first-order chi connectivity index (χ1) is 13.2. The van der Waals surface area contributed by atoms with Crippen LogP contribution in [0.5, 0.6) is 0 Å². The molecular formula is C18H32N6O4. The highest BCUT2D eigenvalue weighted by Crippen LogP contribution is 2.23. The average Bonchev–Trinajstić information content (AvgIpc) is 2.65. The number of hydrogen-bond acceptors (Lipinski definition) is 5. The zero-order valence-corrected chi connectivity index (χ0v) is 16.4. The molecule has 2 aliphatic heterocycles. The summed E-state index contributed by atoms with van der Waals surface area (Å²) >= 11 is 0. The number of nitrogens with zero attached hydrogens (tertiary/aromatic N) is 2. The molecule has 0 spiro atoms. The summed E-state index contributed by atoms with van der Waals surface area (Å²) < 4.78 is 0. The number of carboxylic acid groups (broad SMARTS) is 1. The van der Waals surface area contributed by atoms with Gasteiger partial charge in [0.2, 0.25) is 11.8 Å². The minimum atomic E-state index is -1.06. The topological polar surface area (TPSA) is 166 Å². The van der Waals surface area contributed by atoms with Gasteiger partial charge in [-0.15, -0.1) is 0 Å². The van der Waals surface area contributed by atoms with Crippen molar-refractivity contribution in [3.05, 3.63) is 0 Å². The van der Waals surface area contributed by atoms with Gasteiger partial charge in [-0.1, -0.05) is 6.92 Å². The van der Waals surface area contributed by atoms with Crippen molar-refractivity contribution in [1.82, 2.24) is 15.1 Å². The summed E-state index contributed by atoms with van der Waals surface area (Å²) in [6.45, 7) is 4.10. The summed E-state index contributed by atoms with van der Waals surface area (Å²) in [4.78, 5) is 39.3. The summed E-state index contributed by atoms with van der Waals surface area (Å²) in [5.74, 6) is -1.41. The highest BCUT2D eigenvalue weighted by Gasteiger charge is 2.37. The molecule has 10 nitrogen and oxygen atoms in total. The van der Waals surface area contributed by atoms with E-state index >= 15 is 0 Å². The first kappa shape index (κ1) is 21.9. The molecule has 158 valence electrons. The second kappa shape index (κ2) is 9.72. The Bertz CT molecular complexity index is 613. The molecule has 7 N–H and O–H groups in total. The molecule has 10 heteroatoms. The Morgan fingerprint density at radius 1 is 1.29 bits per heavy atom. The van der Waals surface area contributed by atoms with Crippen LogP contribution < -0.4 is 16.8 Å². The van der Waals surface area contributed by atoms with Crippen LogP contribution in [0.4, 0.5) is 0 Å². The molecule has 0 saturated carbocycles. The third-order valence-electron chi connectivity index (χ3n) is 5.60. The number of piperidine rings is 2. The largest absolute Gasteiger partial charge is 0.480 e. The zero-order chi connectivity index (χ0) is 20.8. The summed E-state index contributed by atoms with van der Waals surface area (Å²) in [6.07, 6.45) is 2.78. The summed E-state index contributed by atoms with van der Waals surface area (Å²) in [5, 5.41) is 19.7. The molecule has 28 heavy (non-hydrogen) atoms. The second-order valence-corrected chi connectivity index (χ2v) is 7.97. The van der Waals surface area contributed by atoms with Crippen LogP contribution in [0.2, 0.25) is 0 Å². The Morgan fingerprint density at radius 3 is 2.64 bits per heavy atom. The van der Waals surface area contributed by atoms with E-state index in [1.165, 1.54) is 4.90 Å². The highest BCUT2D eigenvalue weighted by molar-refractivity contribution is 5.91. The van der Waals surface area contributed by atoms with E-state index in [1.54, 1.807) is 4.90 Å². The van der Waals surface area contributed by atoms with E-state index in [4.69, 9.17) is 16.9 Å². The molecule has 0 aromatic rings. The van der Waals surface area contributed by atoms with Crippen LogP contribution in [-0.2, 0) is 14.4 Å². The van der Waals surface area contributed by atoms with Gasteiger partial charge < -0.3 is 31.7 Å². The first-order valence-electron chi connectivity index (χ1n) is 9.83. The molecule has 0 bridgehead atoms. The number of nitrogens with one attached hydrogen (secondary N) is 2. The molecule has 0 aromatic carbocycles. The van der Waals surface area contributed by atoms with Crippen LogP contribution in [-0.4, -0.2) is 76.9 Å². The van der Waals surface area contributed by atoms with Crippen molar-refractivity contribution in [2.45, 2.75) is 51.1 Å². The highest BCUT2D eigenvalue weighted by atomic mass is 16.4. The predicted octanol–water partition coefficient (Wildman–Crippen LogP) is -0.863. The van der Waals surface area contributed by atoms with Crippen LogP contribution in [0.25, 0.3) is 0 Å². The van der Waals surface area contributed by atoms with E-state index < -0.39 is 24.0 Å². The fraction of sp³-hybridized carbons (Fsp3) is 0.778. The first-order valence-corrected chi connectivity index (χ1v) is 9.83. The average molecular weight is 396 g/mol. The van der Waals surface area contributed by atoms with Crippen LogP contribution in [0.15, 0.2) is 0 Å². The van der Waals surface area contributed by atoms with Gasteiger partial charge in [0.05, 0.1) is 12.5 Å². The fourth-order valence-corrected chi connectivity index (χ4v) is 3.92.